The van der Waals surface area contributed by atoms with Crippen LogP contribution in [0.25, 0.3) is 0 Å². The molecule has 0 saturated carbocycles. The van der Waals surface area contributed by atoms with E-state index in [-0.39, 0.29) is 30.0 Å². The van der Waals surface area contributed by atoms with Gasteiger partial charge in [-0.3, -0.25) is 4.79 Å². The molecule has 0 aliphatic rings. The second-order valence-electron chi connectivity index (χ2n) is 3.06. The van der Waals surface area contributed by atoms with Gasteiger partial charge in [0.05, 0.1) is 27.7 Å². The summed E-state index contributed by atoms with van der Waals surface area (Å²) >= 11 is 0. The quantitative estimate of drug-likeness (QED) is 0.434. The summed E-state index contributed by atoms with van der Waals surface area (Å²) in [6.45, 7) is 0.424. The molecule has 0 fully saturated rings. The minimum atomic E-state index is -0.0648. The van der Waals surface area contributed by atoms with Crippen molar-refractivity contribution < 1.29 is 9.28 Å². The number of carbonyl (C=O) groups excluding carboxylic acids is 1. The Bertz CT molecular complexity index is 100. The van der Waals surface area contributed by atoms with Crippen LogP contribution in [-0.2, 0) is 4.79 Å². The van der Waals surface area contributed by atoms with E-state index in [9.17, 15) is 4.79 Å². The van der Waals surface area contributed by atoms with Crippen LogP contribution in [0.15, 0.2) is 0 Å². The van der Waals surface area contributed by atoms with Crippen molar-refractivity contribution in [3.8, 4) is 0 Å². The molecular formula is C6H16IN2O+. The second kappa shape index (κ2) is 5.03. The van der Waals surface area contributed by atoms with Crippen molar-refractivity contribution in [2.75, 3.05) is 27.7 Å². The standard InChI is InChI=1S/C6H15N2O.HI/c1-8(2,3)6(4-7)5-9;/h5-6H,4,7H2,1-3H3;1H/q+1;. The fourth-order valence-corrected chi connectivity index (χ4v) is 0.554. The van der Waals surface area contributed by atoms with Gasteiger partial charge in [0, 0.05) is 0 Å². The van der Waals surface area contributed by atoms with Gasteiger partial charge < -0.3 is 10.2 Å². The number of aldehydes is 1. The largest absolute Gasteiger partial charge is 0.325 e. The minimum Gasteiger partial charge on any atom is -0.325 e. The summed E-state index contributed by atoms with van der Waals surface area (Å²) in [5.74, 6) is 0. The van der Waals surface area contributed by atoms with Gasteiger partial charge in [0.25, 0.3) is 0 Å². The van der Waals surface area contributed by atoms with Crippen molar-refractivity contribution in [3.05, 3.63) is 0 Å². The van der Waals surface area contributed by atoms with Crippen molar-refractivity contribution in [1.82, 2.24) is 0 Å². The first-order valence-electron chi connectivity index (χ1n) is 2.99. The number of rotatable bonds is 3. The fraction of sp³-hybridized carbons (Fsp3) is 0.833. The molecule has 0 saturated heterocycles. The van der Waals surface area contributed by atoms with Crippen LogP contribution in [0.2, 0.25) is 0 Å². The number of nitrogens with two attached hydrogens (primary N) is 1. The highest BCUT2D eigenvalue weighted by Gasteiger charge is 2.20. The van der Waals surface area contributed by atoms with Gasteiger partial charge in [-0.25, -0.2) is 0 Å². The van der Waals surface area contributed by atoms with Crippen molar-refractivity contribution >= 4 is 30.3 Å². The van der Waals surface area contributed by atoms with E-state index in [4.69, 9.17) is 5.73 Å². The molecule has 0 aliphatic carbocycles. The topological polar surface area (TPSA) is 43.1 Å². The first kappa shape index (κ1) is 12.9. The molecule has 0 bridgehead atoms. The van der Waals surface area contributed by atoms with Crippen LogP contribution in [0.5, 0.6) is 0 Å². The molecule has 62 valence electrons. The number of carbonyl (C=O) groups is 1. The first-order valence-corrected chi connectivity index (χ1v) is 2.99. The molecule has 0 spiro atoms. The van der Waals surface area contributed by atoms with Gasteiger partial charge in [-0.15, -0.1) is 24.0 Å². The molecule has 0 aliphatic heterocycles. The molecule has 3 nitrogen and oxygen atoms in total. The van der Waals surface area contributed by atoms with E-state index < -0.39 is 0 Å². The monoisotopic (exact) mass is 259 g/mol. The zero-order valence-corrected chi connectivity index (χ0v) is 9.03. The molecule has 1 atom stereocenters. The van der Waals surface area contributed by atoms with Crippen molar-refractivity contribution in [2.24, 2.45) is 5.73 Å². The van der Waals surface area contributed by atoms with Crippen molar-refractivity contribution in [1.29, 1.82) is 0 Å². The second-order valence-corrected chi connectivity index (χ2v) is 3.06. The van der Waals surface area contributed by atoms with Crippen molar-refractivity contribution in [3.63, 3.8) is 0 Å². The third kappa shape index (κ3) is 4.19. The summed E-state index contributed by atoms with van der Waals surface area (Å²) in [7, 11) is 5.85. The highest BCUT2D eigenvalue weighted by atomic mass is 127. The van der Waals surface area contributed by atoms with Crippen LogP contribution >= 0.6 is 24.0 Å². The molecule has 0 aromatic heterocycles. The van der Waals surface area contributed by atoms with Gasteiger partial charge in [0.1, 0.15) is 0 Å². The summed E-state index contributed by atoms with van der Waals surface area (Å²) in [6, 6.07) is -0.0648. The summed E-state index contributed by atoms with van der Waals surface area (Å²) in [5, 5.41) is 0. The third-order valence-corrected chi connectivity index (χ3v) is 1.39. The molecule has 0 aromatic rings. The van der Waals surface area contributed by atoms with Gasteiger partial charge in [-0.2, -0.15) is 0 Å². The summed E-state index contributed by atoms with van der Waals surface area (Å²) in [5.41, 5.74) is 5.32. The zero-order chi connectivity index (χ0) is 7.49. The van der Waals surface area contributed by atoms with Crippen LogP contribution in [0.3, 0.4) is 0 Å². The Hall–Kier alpha value is 0.320. The van der Waals surface area contributed by atoms with Gasteiger partial charge in [0.15, 0.2) is 12.3 Å². The molecule has 2 N–H and O–H groups in total. The lowest BCUT2D eigenvalue weighted by Crippen LogP contribution is -2.50. The minimum absolute atomic E-state index is 0. The molecule has 0 rings (SSSR count). The van der Waals surface area contributed by atoms with Crippen LogP contribution < -0.4 is 5.73 Å². The number of hydrogen-bond donors (Lipinski definition) is 1. The van der Waals surface area contributed by atoms with Gasteiger partial charge >= 0.3 is 0 Å². The maximum Gasteiger partial charge on any atom is 0.178 e. The lowest BCUT2D eigenvalue weighted by molar-refractivity contribution is -0.883. The maximum atomic E-state index is 10.3. The van der Waals surface area contributed by atoms with Crippen LogP contribution in [0.4, 0.5) is 0 Å². The van der Waals surface area contributed by atoms with Crippen molar-refractivity contribution in [2.45, 2.75) is 6.04 Å². The Morgan fingerprint density at radius 1 is 1.50 bits per heavy atom. The Morgan fingerprint density at radius 2 is 1.90 bits per heavy atom. The molecule has 10 heavy (non-hydrogen) atoms. The van der Waals surface area contributed by atoms with E-state index in [1.807, 2.05) is 21.1 Å². The van der Waals surface area contributed by atoms with Gasteiger partial charge in [-0.05, 0) is 0 Å². The summed E-state index contributed by atoms with van der Waals surface area (Å²) < 4.78 is 0.611. The third-order valence-electron chi connectivity index (χ3n) is 1.39. The Kier molecular flexibility index (Phi) is 6.52. The SMILES string of the molecule is C[N+](C)(C)C(C=O)CN.I. The highest BCUT2D eigenvalue weighted by Crippen LogP contribution is 1.96. The molecule has 0 aromatic carbocycles. The van der Waals surface area contributed by atoms with E-state index in [2.05, 4.69) is 0 Å². The molecular weight excluding hydrogens is 243 g/mol. The van der Waals surface area contributed by atoms with Gasteiger partial charge in [0.2, 0.25) is 0 Å². The lowest BCUT2D eigenvalue weighted by Gasteiger charge is -2.29. The summed E-state index contributed by atoms with van der Waals surface area (Å²) in [4.78, 5) is 10.3. The number of likely N-dealkylation sites (N-methyl/N-ethyl adjacent to an activating group) is 1. The van der Waals surface area contributed by atoms with E-state index in [1.165, 1.54) is 0 Å². The lowest BCUT2D eigenvalue weighted by atomic mass is 10.3. The zero-order valence-electron chi connectivity index (χ0n) is 6.70. The highest BCUT2D eigenvalue weighted by molar-refractivity contribution is 14.0. The predicted molar refractivity (Wildman–Crippen MR) is 52.4 cm³/mol. The van der Waals surface area contributed by atoms with E-state index in [1.54, 1.807) is 0 Å². The molecule has 0 amide bonds. The number of hydrogen-bond acceptors (Lipinski definition) is 2. The number of nitrogens with zero attached hydrogens (tertiary/aromatic N) is 1. The number of quaternary nitrogens is 1. The summed E-state index contributed by atoms with van der Waals surface area (Å²) in [6.07, 6.45) is 0.903. The first-order chi connectivity index (χ1) is 4.02. The Morgan fingerprint density at radius 3 is 1.90 bits per heavy atom. The van der Waals surface area contributed by atoms with E-state index in [0.717, 1.165) is 6.29 Å². The Balaban J connectivity index is 0. The predicted octanol–water partition coefficient (Wildman–Crippen LogP) is -0.163. The average Bonchev–Trinajstić information content (AvgIpc) is 1.65. The smallest absolute Gasteiger partial charge is 0.178 e. The van der Waals surface area contributed by atoms with E-state index >= 15 is 0 Å². The normalized spacial score (nSPS) is 13.6. The Labute approximate surface area is 79.2 Å². The maximum absolute atomic E-state index is 10.3. The van der Waals surface area contributed by atoms with Crippen LogP contribution in [0.1, 0.15) is 0 Å². The molecule has 0 heterocycles. The van der Waals surface area contributed by atoms with Crippen LogP contribution in [0, 0.1) is 0 Å². The fourth-order valence-electron chi connectivity index (χ4n) is 0.554. The number of halogens is 1. The molecule has 1 unspecified atom stereocenters. The van der Waals surface area contributed by atoms with Crippen LogP contribution in [-0.4, -0.2) is 44.5 Å². The molecule has 0 radical (unpaired) electrons. The average molecular weight is 259 g/mol. The van der Waals surface area contributed by atoms with Gasteiger partial charge in [-0.1, -0.05) is 0 Å². The molecule has 4 heteroatoms. The van der Waals surface area contributed by atoms with E-state index in [0.29, 0.717) is 11.0 Å².